The third kappa shape index (κ3) is 5.91. The van der Waals surface area contributed by atoms with Crippen molar-refractivity contribution in [1.29, 1.82) is 5.26 Å². The van der Waals surface area contributed by atoms with Crippen molar-refractivity contribution < 1.29 is 9.53 Å². The molecular formula is C25H24N8O2. The van der Waals surface area contributed by atoms with Crippen LogP contribution in [0.15, 0.2) is 60.8 Å². The molecule has 10 nitrogen and oxygen atoms in total. The Hall–Kier alpha value is -4.91. The number of carbonyl (C=O) groups is 1. The van der Waals surface area contributed by atoms with Gasteiger partial charge in [0.1, 0.15) is 24.3 Å². The lowest BCUT2D eigenvalue weighted by Gasteiger charge is -2.14. The Kier molecular flexibility index (Phi) is 7.18. The van der Waals surface area contributed by atoms with Crippen molar-refractivity contribution in [3.63, 3.8) is 0 Å². The quantitative estimate of drug-likeness (QED) is 0.268. The zero-order valence-corrected chi connectivity index (χ0v) is 19.3. The highest BCUT2D eigenvalue weighted by atomic mass is 16.5. The van der Waals surface area contributed by atoms with Gasteiger partial charge in [-0.05, 0) is 49.7 Å². The molecule has 0 aliphatic carbocycles. The number of aromatic nitrogens is 4. The van der Waals surface area contributed by atoms with Gasteiger partial charge in [-0.15, -0.1) is 0 Å². The Morgan fingerprint density at radius 2 is 1.91 bits per heavy atom. The number of hydrogen-bond acceptors (Lipinski definition) is 8. The summed E-state index contributed by atoms with van der Waals surface area (Å²) in [5, 5.41) is 25.7. The average Bonchev–Trinajstić information content (AvgIpc) is 3.27. The van der Waals surface area contributed by atoms with Crippen LogP contribution >= 0.6 is 0 Å². The maximum absolute atomic E-state index is 12.5. The van der Waals surface area contributed by atoms with Crippen LogP contribution in [0.25, 0.3) is 0 Å². The molecule has 0 atom stereocenters. The molecule has 0 unspecified atom stereocenters. The predicted octanol–water partition coefficient (Wildman–Crippen LogP) is 4.18. The van der Waals surface area contributed by atoms with E-state index in [1.54, 1.807) is 48.7 Å². The number of pyridine rings is 2. The van der Waals surface area contributed by atoms with Gasteiger partial charge < -0.3 is 20.7 Å². The number of ether oxygens (including phenoxy) is 1. The van der Waals surface area contributed by atoms with Gasteiger partial charge in [0.15, 0.2) is 17.4 Å². The van der Waals surface area contributed by atoms with Gasteiger partial charge in [0.25, 0.3) is 5.91 Å². The summed E-state index contributed by atoms with van der Waals surface area (Å²) in [7, 11) is 0. The molecule has 4 N–H and O–H groups in total. The molecule has 176 valence electrons. The van der Waals surface area contributed by atoms with Gasteiger partial charge in [-0.2, -0.15) is 10.4 Å². The van der Waals surface area contributed by atoms with E-state index in [4.69, 9.17) is 4.74 Å². The Labute approximate surface area is 202 Å². The Morgan fingerprint density at radius 3 is 2.66 bits per heavy atom. The van der Waals surface area contributed by atoms with E-state index in [-0.39, 0.29) is 12.5 Å². The third-order valence-corrected chi connectivity index (χ3v) is 4.98. The number of carbonyl (C=O) groups excluding carboxylic acids is 1. The van der Waals surface area contributed by atoms with Crippen molar-refractivity contribution in [1.82, 2.24) is 20.2 Å². The second-order valence-corrected chi connectivity index (χ2v) is 7.67. The summed E-state index contributed by atoms with van der Waals surface area (Å²) in [5.41, 5.74) is 2.67. The molecule has 4 rings (SSSR count). The van der Waals surface area contributed by atoms with Crippen molar-refractivity contribution >= 4 is 29.2 Å². The van der Waals surface area contributed by atoms with E-state index in [0.29, 0.717) is 46.7 Å². The molecule has 1 aromatic carbocycles. The van der Waals surface area contributed by atoms with E-state index < -0.39 is 0 Å². The molecule has 0 radical (unpaired) electrons. The molecule has 0 saturated carbocycles. The molecular weight excluding hydrogens is 444 g/mol. The third-order valence-electron chi connectivity index (χ3n) is 4.98. The van der Waals surface area contributed by atoms with E-state index >= 15 is 0 Å². The van der Waals surface area contributed by atoms with Crippen molar-refractivity contribution in [2.75, 3.05) is 29.1 Å². The maximum Gasteiger partial charge on any atom is 0.256 e. The summed E-state index contributed by atoms with van der Waals surface area (Å²) in [6, 6.07) is 18.2. The lowest BCUT2D eigenvalue weighted by Crippen LogP contribution is -2.17. The fourth-order valence-electron chi connectivity index (χ4n) is 3.32. The Balaban J connectivity index is 1.39. The molecule has 0 saturated heterocycles. The van der Waals surface area contributed by atoms with Gasteiger partial charge in [-0.1, -0.05) is 18.2 Å². The average molecular weight is 469 g/mol. The van der Waals surface area contributed by atoms with Crippen LogP contribution < -0.4 is 20.7 Å². The standard InChI is InChI=1S/C25H24N8O2/c1-16-13-21(29-22-14-17(2)32-33-22)30-23(19(16)15-26)28-11-12-35-20-9-6-10-27-24(20)31-25(34)18-7-4-3-5-8-18/h3-10,13-14H,11-12H2,1-2H3,(H,27,31,34)(H3,28,29,30,32,33). The SMILES string of the molecule is Cc1cc(Nc2cc(C)c(C#N)c(NCCOc3cccnc3NC(=O)c3ccccc3)n2)n[nH]1. The Bertz CT molecular complexity index is 1360. The van der Waals surface area contributed by atoms with Crippen LogP contribution in [-0.2, 0) is 0 Å². The second-order valence-electron chi connectivity index (χ2n) is 7.67. The smallest absolute Gasteiger partial charge is 0.256 e. The summed E-state index contributed by atoms with van der Waals surface area (Å²) in [4.78, 5) is 21.2. The van der Waals surface area contributed by atoms with Gasteiger partial charge in [0, 0.05) is 23.5 Å². The first-order valence-electron chi connectivity index (χ1n) is 10.9. The van der Waals surface area contributed by atoms with Crippen molar-refractivity contribution in [2.24, 2.45) is 0 Å². The zero-order chi connectivity index (χ0) is 24.6. The van der Waals surface area contributed by atoms with E-state index in [0.717, 1.165) is 11.3 Å². The molecule has 10 heteroatoms. The number of benzene rings is 1. The zero-order valence-electron chi connectivity index (χ0n) is 19.3. The monoisotopic (exact) mass is 468 g/mol. The van der Waals surface area contributed by atoms with Crippen LogP contribution in [0.4, 0.5) is 23.3 Å². The lowest BCUT2D eigenvalue weighted by atomic mass is 10.1. The number of anilines is 4. The highest BCUT2D eigenvalue weighted by Crippen LogP contribution is 2.24. The number of nitrogens with one attached hydrogen (secondary N) is 4. The molecule has 0 aliphatic rings. The second kappa shape index (κ2) is 10.8. The van der Waals surface area contributed by atoms with E-state index in [9.17, 15) is 10.1 Å². The molecule has 3 heterocycles. The number of aromatic amines is 1. The largest absolute Gasteiger partial charge is 0.488 e. The Morgan fingerprint density at radius 1 is 1.09 bits per heavy atom. The molecule has 0 bridgehead atoms. The predicted molar refractivity (Wildman–Crippen MR) is 133 cm³/mol. The summed E-state index contributed by atoms with van der Waals surface area (Å²) in [6.07, 6.45) is 1.58. The van der Waals surface area contributed by atoms with Crippen molar-refractivity contribution in [3.05, 3.63) is 83.2 Å². The summed E-state index contributed by atoms with van der Waals surface area (Å²) in [6.45, 7) is 4.37. The first kappa shape index (κ1) is 23.3. The minimum Gasteiger partial charge on any atom is -0.488 e. The molecule has 0 fully saturated rings. The van der Waals surface area contributed by atoms with Crippen LogP contribution in [0.2, 0.25) is 0 Å². The van der Waals surface area contributed by atoms with E-state index in [2.05, 4.69) is 42.2 Å². The van der Waals surface area contributed by atoms with E-state index in [1.165, 1.54) is 0 Å². The number of hydrogen-bond donors (Lipinski definition) is 4. The van der Waals surface area contributed by atoms with Gasteiger partial charge >= 0.3 is 0 Å². The molecule has 0 spiro atoms. The van der Waals surface area contributed by atoms with E-state index in [1.807, 2.05) is 26.0 Å². The summed E-state index contributed by atoms with van der Waals surface area (Å²) >= 11 is 0. The first-order chi connectivity index (χ1) is 17.0. The van der Waals surface area contributed by atoms with Crippen LogP contribution in [0.1, 0.15) is 27.2 Å². The molecule has 4 aromatic rings. The number of amides is 1. The summed E-state index contributed by atoms with van der Waals surface area (Å²) < 4.78 is 5.85. The topological polar surface area (TPSA) is 141 Å². The van der Waals surface area contributed by atoms with Gasteiger partial charge in [-0.25, -0.2) is 9.97 Å². The number of aryl methyl sites for hydroxylation is 2. The minimum atomic E-state index is -0.276. The molecule has 35 heavy (non-hydrogen) atoms. The number of nitriles is 1. The first-order valence-corrected chi connectivity index (χ1v) is 10.9. The fraction of sp³-hybridized carbons (Fsp3) is 0.160. The van der Waals surface area contributed by atoms with Gasteiger partial charge in [0.05, 0.1) is 12.1 Å². The molecule has 0 aliphatic heterocycles. The number of rotatable bonds is 9. The highest BCUT2D eigenvalue weighted by molar-refractivity contribution is 6.04. The van der Waals surface area contributed by atoms with Gasteiger partial charge in [-0.3, -0.25) is 9.89 Å². The molecule has 3 aromatic heterocycles. The van der Waals surface area contributed by atoms with Crippen LogP contribution in [0.3, 0.4) is 0 Å². The van der Waals surface area contributed by atoms with Crippen LogP contribution in [-0.4, -0.2) is 39.2 Å². The highest BCUT2D eigenvalue weighted by Gasteiger charge is 2.13. The summed E-state index contributed by atoms with van der Waals surface area (Å²) in [5.74, 6) is 2.13. The number of H-pyrrole nitrogens is 1. The molecule has 1 amide bonds. The van der Waals surface area contributed by atoms with Crippen LogP contribution in [0.5, 0.6) is 5.75 Å². The normalized spacial score (nSPS) is 10.3. The van der Waals surface area contributed by atoms with Crippen LogP contribution in [0, 0.1) is 25.2 Å². The van der Waals surface area contributed by atoms with Gasteiger partial charge in [0.2, 0.25) is 0 Å². The fourth-order valence-corrected chi connectivity index (χ4v) is 3.32. The van der Waals surface area contributed by atoms with Crippen molar-refractivity contribution in [3.8, 4) is 11.8 Å². The number of nitrogens with zero attached hydrogens (tertiary/aromatic N) is 4. The maximum atomic E-state index is 12.5. The lowest BCUT2D eigenvalue weighted by molar-refractivity contribution is 0.102. The van der Waals surface area contributed by atoms with Crippen molar-refractivity contribution in [2.45, 2.75) is 13.8 Å². The minimum absolute atomic E-state index is 0.252.